The van der Waals surface area contributed by atoms with E-state index < -0.39 is 4.92 Å². The van der Waals surface area contributed by atoms with Gasteiger partial charge in [0, 0.05) is 17.7 Å². The Kier molecular flexibility index (Phi) is 7.37. The number of carbonyl (C=O) groups excluding carboxylic acids is 1. The molecule has 32 heavy (non-hydrogen) atoms. The maximum absolute atomic E-state index is 12.3. The molecule has 3 rings (SSSR count). The number of nitrogens with zero attached hydrogens (tertiary/aromatic N) is 2. The fourth-order valence-corrected chi connectivity index (χ4v) is 2.74. The van der Waals surface area contributed by atoms with Crippen molar-refractivity contribution in [3.05, 3.63) is 93.5 Å². The molecule has 0 aliphatic carbocycles. The van der Waals surface area contributed by atoms with Crippen LogP contribution in [0.1, 0.15) is 21.5 Å². The van der Waals surface area contributed by atoms with Crippen molar-refractivity contribution in [3.63, 3.8) is 0 Å². The predicted octanol–water partition coefficient (Wildman–Crippen LogP) is 3.95. The van der Waals surface area contributed by atoms with Gasteiger partial charge in [-0.3, -0.25) is 14.9 Å². The second-order valence-corrected chi connectivity index (χ2v) is 6.55. The van der Waals surface area contributed by atoms with E-state index in [1.54, 1.807) is 54.6 Å². The summed E-state index contributed by atoms with van der Waals surface area (Å²) in [4.78, 5) is 22.5. The maximum Gasteiger partial charge on any atom is 0.271 e. The minimum Gasteiger partial charge on any atom is -0.493 e. The monoisotopic (exact) mass is 435 g/mol. The number of hydrogen-bond acceptors (Lipinski definition) is 7. The van der Waals surface area contributed by atoms with Crippen molar-refractivity contribution >= 4 is 17.8 Å². The van der Waals surface area contributed by atoms with Crippen LogP contribution in [-0.4, -0.2) is 31.3 Å². The number of rotatable bonds is 9. The molecule has 0 radical (unpaired) electrons. The topological polar surface area (TPSA) is 112 Å². The van der Waals surface area contributed by atoms with Gasteiger partial charge < -0.3 is 14.2 Å². The number of hydrogen-bond donors (Lipinski definition) is 1. The molecule has 0 spiro atoms. The Bertz CT molecular complexity index is 1110. The average molecular weight is 435 g/mol. The van der Waals surface area contributed by atoms with Gasteiger partial charge in [-0.25, -0.2) is 5.43 Å². The van der Waals surface area contributed by atoms with E-state index in [4.69, 9.17) is 14.2 Å². The van der Waals surface area contributed by atoms with Crippen LogP contribution in [0.5, 0.6) is 17.2 Å². The SMILES string of the molecule is COc1ccc(C(=O)N/N=C/c2ccc(OCc3ccc([N+](=O)[O-])cc3)cc2)cc1OC. The van der Waals surface area contributed by atoms with E-state index in [2.05, 4.69) is 10.5 Å². The maximum atomic E-state index is 12.3. The minimum atomic E-state index is -0.443. The lowest BCUT2D eigenvalue weighted by Crippen LogP contribution is -2.17. The molecule has 0 heterocycles. The van der Waals surface area contributed by atoms with Gasteiger partial charge in [-0.15, -0.1) is 0 Å². The highest BCUT2D eigenvalue weighted by Gasteiger charge is 2.10. The molecule has 3 aromatic rings. The average Bonchev–Trinajstić information content (AvgIpc) is 2.83. The summed E-state index contributed by atoms with van der Waals surface area (Å²) >= 11 is 0. The molecule has 164 valence electrons. The highest BCUT2D eigenvalue weighted by Crippen LogP contribution is 2.27. The quantitative estimate of drug-likeness (QED) is 0.309. The summed E-state index contributed by atoms with van der Waals surface area (Å²) in [5.41, 5.74) is 4.47. The molecule has 0 aliphatic rings. The van der Waals surface area contributed by atoms with Gasteiger partial charge in [-0.2, -0.15) is 5.10 Å². The van der Waals surface area contributed by atoms with Crippen molar-refractivity contribution in [3.8, 4) is 17.2 Å². The van der Waals surface area contributed by atoms with E-state index in [-0.39, 0.29) is 18.2 Å². The third-order valence-corrected chi connectivity index (χ3v) is 4.46. The molecule has 0 saturated heterocycles. The van der Waals surface area contributed by atoms with Gasteiger partial charge in [-0.1, -0.05) is 0 Å². The molecule has 0 aromatic heterocycles. The molecule has 0 saturated carbocycles. The second kappa shape index (κ2) is 10.6. The Morgan fingerprint density at radius 3 is 2.31 bits per heavy atom. The Balaban J connectivity index is 1.52. The number of ether oxygens (including phenoxy) is 3. The third kappa shape index (κ3) is 5.82. The van der Waals surface area contributed by atoms with Gasteiger partial charge in [0.1, 0.15) is 12.4 Å². The second-order valence-electron chi connectivity index (χ2n) is 6.55. The number of nitro groups is 1. The summed E-state index contributed by atoms with van der Waals surface area (Å²) in [7, 11) is 3.02. The number of benzene rings is 3. The van der Waals surface area contributed by atoms with Crippen molar-refractivity contribution in [1.29, 1.82) is 0 Å². The van der Waals surface area contributed by atoms with Crippen molar-refractivity contribution in [2.45, 2.75) is 6.61 Å². The summed E-state index contributed by atoms with van der Waals surface area (Å²) < 4.78 is 16.0. The molecule has 9 heteroatoms. The number of amides is 1. The standard InChI is InChI=1S/C23H21N3O6/c1-30-21-12-7-18(13-22(21)31-2)23(27)25-24-14-16-5-10-20(11-6-16)32-15-17-3-8-19(9-4-17)26(28)29/h3-14H,15H2,1-2H3,(H,25,27)/b24-14+. The van der Waals surface area contributed by atoms with Gasteiger partial charge in [0.15, 0.2) is 11.5 Å². The molecule has 0 atom stereocenters. The van der Waals surface area contributed by atoms with Crippen LogP contribution in [0.3, 0.4) is 0 Å². The molecule has 9 nitrogen and oxygen atoms in total. The fourth-order valence-electron chi connectivity index (χ4n) is 2.74. The van der Waals surface area contributed by atoms with Crippen molar-refractivity contribution in [2.24, 2.45) is 5.10 Å². The van der Waals surface area contributed by atoms with Gasteiger partial charge in [0.05, 0.1) is 25.4 Å². The Morgan fingerprint density at radius 2 is 1.69 bits per heavy atom. The summed E-state index contributed by atoms with van der Waals surface area (Å²) in [6.07, 6.45) is 1.51. The first-order chi connectivity index (χ1) is 15.5. The zero-order valence-corrected chi connectivity index (χ0v) is 17.5. The highest BCUT2D eigenvalue weighted by molar-refractivity contribution is 5.95. The number of non-ortho nitro benzene ring substituents is 1. The zero-order valence-electron chi connectivity index (χ0n) is 17.5. The van der Waals surface area contributed by atoms with Crippen molar-refractivity contribution < 1.29 is 23.9 Å². The molecule has 0 fully saturated rings. The molecule has 0 unspecified atom stereocenters. The Hall–Kier alpha value is -4.40. The molecular formula is C23H21N3O6. The van der Waals surface area contributed by atoms with E-state index in [0.717, 1.165) is 11.1 Å². The van der Waals surface area contributed by atoms with E-state index in [1.165, 1.54) is 32.6 Å². The van der Waals surface area contributed by atoms with Crippen molar-refractivity contribution in [2.75, 3.05) is 14.2 Å². The number of methoxy groups -OCH3 is 2. The van der Waals surface area contributed by atoms with Gasteiger partial charge in [-0.05, 0) is 65.7 Å². The smallest absolute Gasteiger partial charge is 0.271 e. The van der Waals surface area contributed by atoms with Crippen LogP contribution in [0.4, 0.5) is 5.69 Å². The molecule has 0 bridgehead atoms. The molecule has 3 aromatic carbocycles. The normalized spacial score (nSPS) is 10.6. The third-order valence-electron chi connectivity index (χ3n) is 4.46. The highest BCUT2D eigenvalue weighted by atomic mass is 16.6. The summed E-state index contributed by atoms with van der Waals surface area (Å²) in [6, 6.07) is 18.1. The van der Waals surface area contributed by atoms with Gasteiger partial charge in [0.2, 0.25) is 0 Å². The predicted molar refractivity (Wildman–Crippen MR) is 118 cm³/mol. The Labute approximate surface area is 184 Å². The summed E-state index contributed by atoms with van der Waals surface area (Å²) in [6.45, 7) is 0.285. The van der Waals surface area contributed by atoms with Gasteiger partial charge >= 0.3 is 0 Å². The first kappa shape index (κ1) is 22.3. The minimum absolute atomic E-state index is 0.0376. The lowest BCUT2D eigenvalue weighted by molar-refractivity contribution is -0.384. The van der Waals surface area contributed by atoms with Crippen LogP contribution in [-0.2, 0) is 6.61 Å². The van der Waals surface area contributed by atoms with Gasteiger partial charge in [0.25, 0.3) is 11.6 Å². The van der Waals surface area contributed by atoms with Crippen LogP contribution in [0.25, 0.3) is 0 Å². The van der Waals surface area contributed by atoms with Crippen LogP contribution < -0.4 is 19.6 Å². The lowest BCUT2D eigenvalue weighted by atomic mass is 10.2. The summed E-state index contributed by atoms with van der Waals surface area (Å²) in [5.74, 6) is 1.23. The molecule has 1 amide bonds. The number of hydrazone groups is 1. The summed E-state index contributed by atoms with van der Waals surface area (Å²) in [5, 5.41) is 14.7. The van der Waals surface area contributed by atoms with Crippen LogP contribution in [0, 0.1) is 10.1 Å². The first-order valence-electron chi connectivity index (χ1n) is 9.52. The fraction of sp³-hybridized carbons (Fsp3) is 0.130. The van der Waals surface area contributed by atoms with Crippen molar-refractivity contribution in [1.82, 2.24) is 5.43 Å². The lowest BCUT2D eigenvalue weighted by Gasteiger charge is -2.08. The number of nitro benzene ring substituents is 1. The number of carbonyl (C=O) groups is 1. The van der Waals surface area contributed by atoms with E-state index in [1.807, 2.05) is 0 Å². The van der Waals surface area contributed by atoms with E-state index >= 15 is 0 Å². The van der Waals surface area contributed by atoms with Crippen LogP contribution >= 0.6 is 0 Å². The van der Waals surface area contributed by atoms with Crippen LogP contribution in [0.2, 0.25) is 0 Å². The largest absolute Gasteiger partial charge is 0.493 e. The Morgan fingerprint density at radius 1 is 1.00 bits per heavy atom. The van der Waals surface area contributed by atoms with E-state index in [0.29, 0.717) is 22.8 Å². The molecule has 0 aliphatic heterocycles. The first-order valence-corrected chi connectivity index (χ1v) is 9.52. The van der Waals surface area contributed by atoms with Crippen LogP contribution in [0.15, 0.2) is 71.8 Å². The molecular weight excluding hydrogens is 414 g/mol. The number of nitrogens with one attached hydrogen (secondary N) is 1. The molecule has 1 N–H and O–H groups in total. The zero-order chi connectivity index (χ0) is 22.9. The van der Waals surface area contributed by atoms with E-state index in [9.17, 15) is 14.9 Å².